The Balaban J connectivity index is 2.34. The Bertz CT molecular complexity index is 322. The van der Waals surface area contributed by atoms with Gasteiger partial charge in [0, 0.05) is 6.54 Å². The highest BCUT2D eigenvalue weighted by atomic mass is 79.9. The highest BCUT2D eigenvalue weighted by Gasteiger charge is 2.18. The molecule has 1 fully saturated rings. The molecule has 0 radical (unpaired) electrons. The van der Waals surface area contributed by atoms with Crippen LogP contribution >= 0.6 is 15.9 Å². The lowest BCUT2D eigenvalue weighted by Gasteiger charge is -2.11. The summed E-state index contributed by atoms with van der Waals surface area (Å²) in [6.07, 6.45) is 1.15. The molecule has 1 nitrogen and oxygen atoms in total. The molecule has 2 rings (SSSR count). The highest BCUT2D eigenvalue weighted by Crippen LogP contribution is 2.28. The Kier molecular flexibility index (Phi) is 2.88. The first-order chi connectivity index (χ1) is 6.68. The fourth-order valence-corrected chi connectivity index (χ4v) is 2.50. The molecule has 1 aliphatic rings. The summed E-state index contributed by atoms with van der Waals surface area (Å²) in [5.74, 6) is 0.408. The molecule has 1 aliphatic heterocycles. The van der Waals surface area contributed by atoms with Crippen molar-refractivity contribution in [3.05, 3.63) is 33.5 Å². The van der Waals surface area contributed by atoms with E-state index in [-0.39, 0.29) is 5.82 Å². The zero-order chi connectivity index (χ0) is 10.1. The molecule has 0 aromatic heterocycles. The topological polar surface area (TPSA) is 12.0 Å². The van der Waals surface area contributed by atoms with Crippen LogP contribution in [0.4, 0.5) is 4.39 Å². The average molecular weight is 258 g/mol. The second-order valence-corrected chi connectivity index (χ2v) is 4.68. The van der Waals surface area contributed by atoms with E-state index in [9.17, 15) is 4.39 Å². The van der Waals surface area contributed by atoms with E-state index < -0.39 is 0 Å². The van der Waals surface area contributed by atoms with Crippen LogP contribution in [0.15, 0.2) is 16.6 Å². The SMILES string of the molecule is Cc1cc(C2CCNC2)cc(Br)c1F. The predicted molar refractivity (Wildman–Crippen MR) is 59.1 cm³/mol. The number of nitrogens with one attached hydrogen (secondary N) is 1. The van der Waals surface area contributed by atoms with Crippen LogP contribution in [0.3, 0.4) is 0 Å². The first-order valence-electron chi connectivity index (χ1n) is 4.84. The Morgan fingerprint density at radius 2 is 2.29 bits per heavy atom. The molecule has 0 bridgehead atoms. The van der Waals surface area contributed by atoms with E-state index in [1.807, 2.05) is 19.1 Å². The number of hydrogen-bond acceptors (Lipinski definition) is 1. The molecule has 0 aliphatic carbocycles. The average Bonchev–Trinajstić information content (AvgIpc) is 2.66. The van der Waals surface area contributed by atoms with Gasteiger partial charge in [0.25, 0.3) is 0 Å². The Morgan fingerprint density at radius 1 is 1.50 bits per heavy atom. The second kappa shape index (κ2) is 3.99. The van der Waals surface area contributed by atoms with Crippen molar-refractivity contribution in [2.45, 2.75) is 19.3 Å². The van der Waals surface area contributed by atoms with E-state index in [1.165, 1.54) is 5.56 Å². The second-order valence-electron chi connectivity index (χ2n) is 3.82. The molecule has 1 saturated heterocycles. The third kappa shape index (κ3) is 1.84. The lowest BCUT2D eigenvalue weighted by molar-refractivity contribution is 0.609. The van der Waals surface area contributed by atoms with Gasteiger partial charge in [-0.1, -0.05) is 6.07 Å². The van der Waals surface area contributed by atoms with Gasteiger partial charge >= 0.3 is 0 Å². The molecule has 1 N–H and O–H groups in total. The molecule has 3 heteroatoms. The Hall–Kier alpha value is -0.410. The molecule has 1 aromatic carbocycles. The van der Waals surface area contributed by atoms with Crippen molar-refractivity contribution in [2.24, 2.45) is 0 Å². The van der Waals surface area contributed by atoms with Crippen LogP contribution in [0.1, 0.15) is 23.5 Å². The summed E-state index contributed by atoms with van der Waals surface area (Å²) in [4.78, 5) is 0. The van der Waals surface area contributed by atoms with Gasteiger partial charge in [0.15, 0.2) is 0 Å². The zero-order valence-corrected chi connectivity index (χ0v) is 9.70. The lowest BCUT2D eigenvalue weighted by atomic mass is 9.97. The van der Waals surface area contributed by atoms with Crippen molar-refractivity contribution in [1.29, 1.82) is 0 Å². The minimum Gasteiger partial charge on any atom is -0.316 e. The van der Waals surface area contributed by atoms with Crippen LogP contribution < -0.4 is 5.32 Å². The number of hydrogen-bond donors (Lipinski definition) is 1. The van der Waals surface area contributed by atoms with Crippen LogP contribution in [-0.2, 0) is 0 Å². The molecule has 1 heterocycles. The number of aryl methyl sites for hydroxylation is 1. The van der Waals surface area contributed by atoms with Crippen LogP contribution in [0.25, 0.3) is 0 Å². The molecular formula is C11H13BrFN. The molecule has 1 atom stereocenters. The normalized spacial score (nSPS) is 21.5. The van der Waals surface area contributed by atoms with E-state index in [4.69, 9.17) is 0 Å². The number of halogens is 2. The zero-order valence-electron chi connectivity index (χ0n) is 8.11. The fraction of sp³-hybridized carbons (Fsp3) is 0.455. The van der Waals surface area contributed by atoms with Crippen molar-refractivity contribution >= 4 is 15.9 Å². The van der Waals surface area contributed by atoms with Crippen LogP contribution in [-0.4, -0.2) is 13.1 Å². The Morgan fingerprint density at radius 3 is 2.86 bits per heavy atom. The molecule has 0 spiro atoms. The van der Waals surface area contributed by atoms with E-state index >= 15 is 0 Å². The van der Waals surface area contributed by atoms with Gasteiger partial charge in [-0.15, -0.1) is 0 Å². The standard InChI is InChI=1S/C11H13BrFN/c1-7-4-9(5-10(12)11(7)13)8-2-3-14-6-8/h4-5,8,14H,2-3,6H2,1H3. The van der Waals surface area contributed by atoms with E-state index in [0.29, 0.717) is 10.4 Å². The number of benzene rings is 1. The molecule has 76 valence electrons. The van der Waals surface area contributed by atoms with Crippen LogP contribution in [0.5, 0.6) is 0 Å². The van der Waals surface area contributed by atoms with Crippen LogP contribution in [0.2, 0.25) is 0 Å². The quantitative estimate of drug-likeness (QED) is 0.816. The third-order valence-electron chi connectivity index (χ3n) is 2.76. The molecular weight excluding hydrogens is 245 g/mol. The molecule has 0 saturated carbocycles. The summed E-state index contributed by atoms with van der Waals surface area (Å²) in [5.41, 5.74) is 1.96. The van der Waals surface area contributed by atoms with E-state index in [2.05, 4.69) is 21.2 Å². The van der Waals surface area contributed by atoms with Crippen molar-refractivity contribution in [2.75, 3.05) is 13.1 Å². The summed E-state index contributed by atoms with van der Waals surface area (Å²) in [6.45, 7) is 3.89. The van der Waals surface area contributed by atoms with Crippen molar-refractivity contribution in [3.63, 3.8) is 0 Å². The fourth-order valence-electron chi connectivity index (χ4n) is 1.93. The minimum absolute atomic E-state index is 0.139. The van der Waals surface area contributed by atoms with Gasteiger partial charge in [-0.2, -0.15) is 0 Å². The lowest BCUT2D eigenvalue weighted by Crippen LogP contribution is -2.08. The van der Waals surface area contributed by atoms with Gasteiger partial charge in [-0.25, -0.2) is 4.39 Å². The number of rotatable bonds is 1. The summed E-state index contributed by atoms with van der Waals surface area (Å²) in [6, 6.07) is 3.86. The summed E-state index contributed by atoms with van der Waals surface area (Å²) in [5, 5.41) is 3.32. The summed E-state index contributed by atoms with van der Waals surface area (Å²) in [7, 11) is 0. The molecule has 1 aromatic rings. The van der Waals surface area contributed by atoms with Gasteiger partial charge in [-0.3, -0.25) is 0 Å². The van der Waals surface area contributed by atoms with Gasteiger partial charge in [0.05, 0.1) is 4.47 Å². The molecule has 0 amide bonds. The van der Waals surface area contributed by atoms with Crippen molar-refractivity contribution in [1.82, 2.24) is 5.32 Å². The maximum atomic E-state index is 13.3. The van der Waals surface area contributed by atoms with Crippen LogP contribution in [0, 0.1) is 12.7 Å². The molecule has 14 heavy (non-hydrogen) atoms. The summed E-state index contributed by atoms with van der Waals surface area (Å²) < 4.78 is 13.9. The first-order valence-corrected chi connectivity index (χ1v) is 5.64. The van der Waals surface area contributed by atoms with Crippen molar-refractivity contribution in [3.8, 4) is 0 Å². The smallest absolute Gasteiger partial charge is 0.140 e. The largest absolute Gasteiger partial charge is 0.316 e. The van der Waals surface area contributed by atoms with Gasteiger partial charge < -0.3 is 5.32 Å². The predicted octanol–water partition coefficient (Wildman–Crippen LogP) is 2.97. The molecule has 1 unspecified atom stereocenters. The monoisotopic (exact) mass is 257 g/mol. The van der Waals surface area contributed by atoms with Gasteiger partial charge in [0.2, 0.25) is 0 Å². The van der Waals surface area contributed by atoms with E-state index in [0.717, 1.165) is 25.1 Å². The van der Waals surface area contributed by atoms with Gasteiger partial charge in [0.1, 0.15) is 5.82 Å². The summed E-state index contributed by atoms with van der Waals surface area (Å²) >= 11 is 3.25. The van der Waals surface area contributed by atoms with E-state index in [1.54, 1.807) is 0 Å². The highest BCUT2D eigenvalue weighted by molar-refractivity contribution is 9.10. The third-order valence-corrected chi connectivity index (χ3v) is 3.34. The first kappa shape index (κ1) is 10.1. The van der Waals surface area contributed by atoms with Gasteiger partial charge in [-0.05, 0) is 58.9 Å². The Labute approximate surface area is 91.8 Å². The minimum atomic E-state index is -0.139. The van der Waals surface area contributed by atoms with Crippen molar-refractivity contribution < 1.29 is 4.39 Å². The maximum Gasteiger partial charge on any atom is 0.140 e. The maximum absolute atomic E-state index is 13.3.